The standard InChI is InChI=1S/C36H36ClF2N5O8S/c1-35(2,3)52-33(46)40-27-20-53(48,49)29-14-11-24(15-28(29)44(32(27)45)17-22-9-12-26(37)13-10-22)30-41-42-31(51-30)25-16-36(38,39)21-43(18-25)34(47)50-19-23-7-5-4-6-8-23/h4-15,25,27H,16-21H2,1-3H3,(H,40,46)/t25?,27-/m0/s1. The topological polar surface area (TPSA) is 161 Å². The maximum absolute atomic E-state index is 14.9. The zero-order valence-electron chi connectivity index (χ0n) is 28.9. The van der Waals surface area contributed by atoms with Gasteiger partial charge in [-0.2, -0.15) is 0 Å². The number of halogens is 3. The Morgan fingerprint density at radius 3 is 2.45 bits per heavy atom. The van der Waals surface area contributed by atoms with Crippen LogP contribution in [-0.4, -0.2) is 78.0 Å². The van der Waals surface area contributed by atoms with E-state index in [2.05, 4.69) is 15.5 Å². The summed E-state index contributed by atoms with van der Waals surface area (Å²) < 4.78 is 73.8. The number of sulfone groups is 1. The van der Waals surface area contributed by atoms with Crippen LogP contribution in [0.4, 0.5) is 24.1 Å². The molecule has 2 aliphatic heterocycles. The summed E-state index contributed by atoms with van der Waals surface area (Å²) in [6.07, 6.45) is -2.57. The molecule has 1 fully saturated rings. The average Bonchev–Trinajstić information content (AvgIpc) is 3.57. The Kier molecular flexibility index (Phi) is 10.5. The van der Waals surface area contributed by atoms with Crippen molar-refractivity contribution in [2.75, 3.05) is 23.7 Å². The van der Waals surface area contributed by atoms with E-state index >= 15 is 0 Å². The molecule has 0 saturated carbocycles. The minimum Gasteiger partial charge on any atom is -0.445 e. The molecule has 1 N–H and O–H groups in total. The van der Waals surface area contributed by atoms with E-state index in [1.165, 1.54) is 23.1 Å². The van der Waals surface area contributed by atoms with Crippen LogP contribution < -0.4 is 10.2 Å². The number of likely N-dealkylation sites (tertiary alicyclic amines) is 1. The van der Waals surface area contributed by atoms with Crippen molar-refractivity contribution >= 4 is 45.2 Å². The van der Waals surface area contributed by atoms with Crippen molar-refractivity contribution in [1.29, 1.82) is 0 Å². The maximum Gasteiger partial charge on any atom is 0.410 e. The summed E-state index contributed by atoms with van der Waals surface area (Å²) in [5.41, 5.74) is 0.524. The van der Waals surface area contributed by atoms with Gasteiger partial charge in [-0.05, 0) is 62.2 Å². The zero-order chi connectivity index (χ0) is 38.1. The number of hydrogen-bond donors (Lipinski definition) is 1. The largest absolute Gasteiger partial charge is 0.445 e. The lowest BCUT2D eigenvalue weighted by Crippen LogP contribution is -2.51. The number of amides is 3. The van der Waals surface area contributed by atoms with Crippen LogP contribution in [0.25, 0.3) is 11.5 Å². The molecule has 3 heterocycles. The molecular formula is C36H36ClF2N5O8S. The highest BCUT2D eigenvalue weighted by Gasteiger charge is 2.45. The Bertz CT molecular complexity index is 2110. The van der Waals surface area contributed by atoms with Gasteiger partial charge in [0.15, 0.2) is 9.84 Å². The van der Waals surface area contributed by atoms with Crippen LogP contribution in [0.15, 0.2) is 82.1 Å². The first-order valence-electron chi connectivity index (χ1n) is 16.6. The van der Waals surface area contributed by atoms with Crippen molar-refractivity contribution in [1.82, 2.24) is 20.4 Å². The molecule has 3 aromatic carbocycles. The van der Waals surface area contributed by atoms with Crippen LogP contribution in [0.1, 0.15) is 50.1 Å². The molecular weight excluding hydrogens is 736 g/mol. The predicted molar refractivity (Wildman–Crippen MR) is 188 cm³/mol. The maximum atomic E-state index is 14.9. The number of carbonyl (C=O) groups excluding carboxylic acids is 3. The molecule has 0 bridgehead atoms. The van der Waals surface area contributed by atoms with Gasteiger partial charge >= 0.3 is 12.2 Å². The predicted octanol–water partition coefficient (Wildman–Crippen LogP) is 6.37. The first-order chi connectivity index (χ1) is 25.0. The van der Waals surface area contributed by atoms with E-state index in [-0.39, 0.29) is 47.6 Å². The van der Waals surface area contributed by atoms with Gasteiger partial charge in [0, 0.05) is 23.6 Å². The van der Waals surface area contributed by atoms with Crippen molar-refractivity contribution in [2.45, 2.75) is 68.7 Å². The van der Waals surface area contributed by atoms with Crippen LogP contribution in [0.2, 0.25) is 5.02 Å². The smallest absolute Gasteiger partial charge is 0.410 e. The number of nitrogens with zero attached hydrogens (tertiary/aromatic N) is 4. The van der Waals surface area contributed by atoms with Gasteiger partial charge in [-0.15, -0.1) is 10.2 Å². The van der Waals surface area contributed by atoms with Crippen LogP contribution in [0, 0.1) is 0 Å². The third-order valence-corrected chi connectivity index (χ3v) is 10.4. The van der Waals surface area contributed by atoms with Crippen molar-refractivity contribution in [3.05, 3.63) is 94.8 Å². The van der Waals surface area contributed by atoms with Crippen LogP contribution in [-0.2, 0) is 37.3 Å². The van der Waals surface area contributed by atoms with Gasteiger partial charge in [0.05, 0.1) is 35.3 Å². The van der Waals surface area contributed by atoms with Gasteiger partial charge in [0.25, 0.3) is 11.8 Å². The van der Waals surface area contributed by atoms with E-state index in [1.807, 2.05) is 0 Å². The van der Waals surface area contributed by atoms with E-state index in [0.29, 0.717) is 16.1 Å². The number of piperidine rings is 1. The molecule has 53 heavy (non-hydrogen) atoms. The Balaban J connectivity index is 1.29. The highest BCUT2D eigenvalue weighted by molar-refractivity contribution is 7.91. The number of aromatic nitrogens is 2. The Morgan fingerprint density at radius 1 is 1.04 bits per heavy atom. The molecule has 6 rings (SSSR count). The van der Waals surface area contributed by atoms with Crippen molar-refractivity contribution in [3.8, 4) is 11.5 Å². The SMILES string of the molecule is CC(C)(C)OC(=O)N[C@H]1CS(=O)(=O)c2ccc(-c3nnc(C4CN(C(=O)OCc5ccccc5)CC(F)(F)C4)o3)cc2N(Cc2ccc(Cl)cc2)C1=O. The summed E-state index contributed by atoms with van der Waals surface area (Å²) >= 11 is 6.07. The first-order valence-corrected chi connectivity index (χ1v) is 18.6. The number of alkyl carbamates (subject to hydrolysis) is 1. The third kappa shape index (κ3) is 9.11. The number of anilines is 1. The molecule has 0 radical (unpaired) electrons. The summed E-state index contributed by atoms with van der Waals surface area (Å²) in [5, 5.41) is 10.9. The van der Waals surface area contributed by atoms with E-state index in [4.69, 9.17) is 25.5 Å². The van der Waals surface area contributed by atoms with Gasteiger partial charge in [-0.1, -0.05) is 54.1 Å². The quantitative estimate of drug-likeness (QED) is 0.224. The minimum absolute atomic E-state index is 0.0350. The monoisotopic (exact) mass is 771 g/mol. The van der Waals surface area contributed by atoms with Crippen LogP contribution >= 0.6 is 11.6 Å². The number of fused-ring (bicyclic) bond motifs is 1. The van der Waals surface area contributed by atoms with Crippen LogP contribution in [0.3, 0.4) is 0 Å². The third-order valence-electron chi connectivity index (χ3n) is 8.39. The van der Waals surface area contributed by atoms with Crippen LogP contribution in [0.5, 0.6) is 0 Å². The molecule has 13 nitrogen and oxygen atoms in total. The second-order valence-electron chi connectivity index (χ2n) is 13.8. The second-order valence-corrected chi connectivity index (χ2v) is 16.3. The highest BCUT2D eigenvalue weighted by Crippen LogP contribution is 2.39. The minimum atomic E-state index is -4.20. The molecule has 0 spiro atoms. The fourth-order valence-electron chi connectivity index (χ4n) is 6.03. The molecule has 17 heteroatoms. The number of benzene rings is 3. The lowest BCUT2D eigenvalue weighted by molar-refractivity contribution is -0.120. The summed E-state index contributed by atoms with van der Waals surface area (Å²) in [7, 11) is -4.20. The summed E-state index contributed by atoms with van der Waals surface area (Å²) in [6.45, 7) is 3.64. The van der Waals surface area contributed by atoms with Gasteiger partial charge in [-0.3, -0.25) is 4.79 Å². The number of rotatable bonds is 7. The molecule has 2 aliphatic rings. The number of ether oxygens (including phenoxy) is 2. The first kappa shape index (κ1) is 37.7. The van der Waals surface area contributed by atoms with Gasteiger partial charge in [0.2, 0.25) is 11.8 Å². The molecule has 2 atom stereocenters. The van der Waals surface area contributed by atoms with Crippen molar-refractivity contribution in [3.63, 3.8) is 0 Å². The van der Waals surface area contributed by atoms with Crippen molar-refractivity contribution in [2.24, 2.45) is 0 Å². The van der Waals surface area contributed by atoms with Crippen molar-refractivity contribution < 1.29 is 45.5 Å². The Morgan fingerprint density at radius 2 is 1.75 bits per heavy atom. The summed E-state index contributed by atoms with van der Waals surface area (Å²) in [5.74, 6) is -6.13. The Hall–Kier alpha value is -5.09. The molecule has 0 aliphatic carbocycles. The Labute approximate surface area is 309 Å². The highest BCUT2D eigenvalue weighted by atomic mass is 35.5. The van der Waals surface area contributed by atoms with Gasteiger partial charge in [0.1, 0.15) is 18.2 Å². The van der Waals surface area contributed by atoms with E-state index in [1.54, 1.807) is 75.4 Å². The second kappa shape index (κ2) is 14.7. The van der Waals surface area contributed by atoms with E-state index in [0.717, 1.165) is 4.90 Å². The molecule has 1 unspecified atom stereocenters. The molecule has 1 aromatic heterocycles. The summed E-state index contributed by atoms with van der Waals surface area (Å²) in [6, 6.07) is 17.9. The van der Waals surface area contributed by atoms with E-state index in [9.17, 15) is 31.6 Å². The van der Waals surface area contributed by atoms with Gasteiger partial charge < -0.3 is 29.0 Å². The molecule has 3 amide bonds. The van der Waals surface area contributed by atoms with E-state index < -0.39 is 70.1 Å². The lowest BCUT2D eigenvalue weighted by atomic mass is 9.95. The molecule has 4 aromatic rings. The number of alkyl halides is 2. The average molecular weight is 772 g/mol. The molecule has 1 saturated heterocycles. The normalized spacial score (nSPS) is 19.5. The van der Waals surface area contributed by atoms with Gasteiger partial charge in [-0.25, -0.2) is 26.8 Å². The number of carbonyl (C=O) groups is 3. The number of nitrogens with one attached hydrogen (secondary N) is 1. The lowest BCUT2D eigenvalue weighted by Gasteiger charge is -2.35. The fourth-order valence-corrected chi connectivity index (χ4v) is 7.76. The zero-order valence-corrected chi connectivity index (χ0v) is 30.5. The molecule has 280 valence electrons. The fraction of sp³-hybridized carbons (Fsp3) is 0.361. The summed E-state index contributed by atoms with van der Waals surface area (Å²) in [4.78, 5) is 41.5. The number of hydrogen-bond acceptors (Lipinski definition) is 10.